The molecule has 0 spiro atoms. The molecule has 3 aromatic carbocycles. The smallest absolute Gasteiger partial charge is 0.300 e. The van der Waals surface area contributed by atoms with E-state index in [1.807, 2.05) is 19.9 Å². The van der Waals surface area contributed by atoms with E-state index >= 15 is 0 Å². The molecule has 1 atom stereocenters. The van der Waals surface area contributed by atoms with Crippen molar-refractivity contribution in [2.75, 3.05) is 25.7 Å². The van der Waals surface area contributed by atoms with E-state index in [4.69, 9.17) is 14.2 Å². The van der Waals surface area contributed by atoms with Gasteiger partial charge >= 0.3 is 0 Å². The molecular weight excluding hydrogens is 482 g/mol. The fourth-order valence-electron chi connectivity index (χ4n) is 4.60. The van der Waals surface area contributed by atoms with Crippen LogP contribution in [-0.4, -0.2) is 37.6 Å². The van der Waals surface area contributed by atoms with Gasteiger partial charge in [-0.25, -0.2) is 0 Å². The lowest BCUT2D eigenvalue weighted by Gasteiger charge is -2.26. The number of rotatable bonds is 8. The molecule has 0 aromatic heterocycles. The number of hydrogen-bond donors (Lipinski definition) is 1. The molecule has 38 heavy (non-hydrogen) atoms. The minimum absolute atomic E-state index is 0.0102. The summed E-state index contributed by atoms with van der Waals surface area (Å²) in [5, 5.41) is 11.6. The number of nitrogens with zero attached hydrogens (tertiary/aromatic N) is 1. The van der Waals surface area contributed by atoms with Gasteiger partial charge in [-0.05, 0) is 85.0 Å². The number of ketones is 1. The van der Waals surface area contributed by atoms with Crippen LogP contribution in [0.3, 0.4) is 0 Å². The second-order valence-corrected chi connectivity index (χ2v) is 9.78. The minimum atomic E-state index is -0.866. The van der Waals surface area contributed by atoms with E-state index in [-0.39, 0.29) is 11.3 Å². The highest BCUT2D eigenvalue weighted by atomic mass is 16.5. The maximum Gasteiger partial charge on any atom is 0.300 e. The van der Waals surface area contributed by atoms with Gasteiger partial charge in [0.2, 0.25) is 0 Å². The van der Waals surface area contributed by atoms with Crippen LogP contribution < -0.4 is 19.1 Å². The topological polar surface area (TPSA) is 85.3 Å². The van der Waals surface area contributed by atoms with Gasteiger partial charge in [-0.1, -0.05) is 26.0 Å². The summed E-state index contributed by atoms with van der Waals surface area (Å²) in [6.45, 7) is 8.37. The normalized spacial score (nSPS) is 16.7. The quantitative estimate of drug-likeness (QED) is 0.226. The summed E-state index contributed by atoms with van der Waals surface area (Å²) in [6, 6.07) is 16.9. The molecule has 1 N–H and O–H groups in total. The molecule has 3 aromatic rings. The van der Waals surface area contributed by atoms with E-state index in [0.29, 0.717) is 52.2 Å². The Hall–Kier alpha value is -4.26. The zero-order chi connectivity index (χ0) is 27.6. The second-order valence-electron chi connectivity index (χ2n) is 9.78. The monoisotopic (exact) mass is 515 g/mol. The number of methoxy groups -OCH3 is 2. The molecule has 1 aliphatic heterocycles. The largest absolute Gasteiger partial charge is 0.507 e. The molecule has 1 amide bonds. The first-order valence-electron chi connectivity index (χ1n) is 12.5. The van der Waals surface area contributed by atoms with Gasteiger partial charge in [-0.15, -0.1) is 0 Å². The fraction of sp³-hybridized carbons (Fsp3) is 0.290. The Labute approximate surface area is 223 Å². The Bertz CT molecular complexity index is 1390. The average molecular weight is 516 g/mol. The molecule has 1 saturated heterocycles. The Kier molecular flexibility index (Phi) is 7.76. The number of hydrogen-bond acceptors (Lipinski definition) is 6. The van der Waals surface area contributed by atoms with Crippen LogP contribution in [0, 0.1) is 19.8 Å². The number of anilines is 1. The maximum absolute atomic E-state index is 13.5. The number of aliphatic hydroxyl groups is 1. The zero-order valence-corrected chi connectivity index (χ0v) is 22.6. The molecule has 0 aliphatic carbocycles. The fourth-order valence-corrected chi connectivity index (χ4v) is 4.60. The summed E-state index contributed by atoms with van der Waals surface area (Å²) in [5.74, 6) is 0.553. The molecule has 1 fully saturated rings. The van der Waals surface area contributed by atoms with Gasteiger partial charge in [0.1, 0.15) is 23.0 Å². The van der Waals surface area contributed by atoms with Crippen molar-refractivity contribution >= 4 is 23.1 Å². The number of Topliss-reactive ketones (excluding diaryl/α,β-unsaturated/α-hetero) is 1. The summed E-state index contributed by atoms with van der Waals surface area (Å²) < 4.78 is 16.6. The van der Waals surface area contributed by atoms with Crippen molar-refractivity contribution < 1.29 is 28.9 Å². The second kappa shape index (κ2) is 11.0. The van der Waals surface area contributed by atoms with Crippen LogP contribution in [0.2, 0.25) is 0 Å². The molecule has 0 saturated carbocycles. The van der Waals surface area contributed by atoms with Crippen molar-refractivity contribution in [1.29, 1.82) is 0 Å². The Morgan fingerprint density at radius 3 is 2.26 bits per heavy atom. The van der Waals surface area contributed by atoms with Crippen LogP contribution in [0.4, 0.5) is 5.69 Å². The highest BCUT2D eigenvalue weighted by Gasteiger charge is 2.47. The van der Waals surface area contributed by atoms with Crippen molar-refractivity contribution in [1.82, 2.24) is 0 Å². The third kappa shape index (κ3) is 5.09. The lowest BCUT2D eigenvalue weighted by molar-refractivity contribution is -0.132. The number of ether oxygens (including phenoxy) is 3. The molecular formula is C31H33NO6. The number of carbonyl (C=O) groups is 2. The SMILES string of the molecule is COc1cccc(C2/C(=C(\O)c3cc(C)c(OC)cc3C)C(=O)C(=O)N2c2ccc(OCC(C)C)cc2)c1. The molecule has 7 nitrogen and oxygen atoms in total. The molecule has 0 bridgehead atoms. The van der Waals surface area contributed by atoms with Crippen molar-refractivity contribution in [2.24, 2.45) is 5.92 Å². The summed E-state index contributed by atoms with van der Waals surface area (Å²) >= 11 is 0. The van der Waals surface area contributed by atoms with Crippen LogP contribution in [0.5, 0.6) is 17.2 Å². The third-order valence-electron chi connectivity index (χ3n) is 6.55. The molecule has 1 aliphatic rings. The van der Waals surface area contributed by atoms with Crippen LogP contribution in [-0.2, 0) is 9.59 Å². The lowest BCUT2D eigenvalue weighted by atomic mass is 9.93. The third-order valence-corrected chi connectivity index (χ3v) is 6.55. The highest BCUT2D eigenvalue weighted by Crippen LogP contribution is 2.44. The maximum atomic E-state index is 13.5. The summed E-state index contributed by atoms with van der Waals surface area (Å²) in [4.78, 5) is 28.4. The lowest BCUT2D eigenvalue weighted by Crippen LogP contribution is -2.29. The highest BCUT2D eigenvalue weighted by molar-refractivity contribution is 6.51. The number of benzene rings is 3. The standard InChI is InChI=1S/C31H33NO6/c1-18(2)17-38-23-12-10-22(11-13-23)32-28(21-8-7-9-24(16-21)36-5)27(30(34)31(32)35)29(33)25-14-20(4)26(37-6)15-19(25)3/h7-16,18,28,33H,17H2,1-6H3/b29-27+. The average Bonchev–Trinajstić information content (AvgIpc) is 3.18. The van der Waals surface area contributed by atoms with Crippen molar-refractivity contribution in [3.8, 4) is 17.2 Å². The minimum Gasteiger partial charge on any atom is -0.507 e. The summed E-state index contributed by atoms with van der Waals surface area (Å²) in [6.07, 6.45) is 0. The zero-order valence-electron chi connectivity index (χ0n) is 22.6. The first-order valence-corrected chi connectivity index (χ1v) is 12.5. The predicted molar refractivity (Wildman–Crippen MR) is 147 cm³/mol. The van der Waals surface area contributed by atoms with Crippen LogP contribution in [0.25, 0.3) is 5.76 Å². The van der Waals surface area contributed by atoms with E-state index in [1.54, 1.807) is 68.8 Å². The van der Waals surface area contributed by atoms with Crippen molar-refractivity contribution in [3.05, 3.63) is 88.5 Å². The molecule has 1 heterocycles. The van der Waals surface area contributed by atoms with Crippen LogP contribution >= 0.6 is 0 Å². The van der Waals surface area contributed by atoms with E-state index in [9.17, 15) is 14.7 Å². The van der Waals surface area contributed by atoms with Gasteiger partial charge in [0.05, 0.1) is 32.4 Å². The summed E-state index contributed by atoms with van der Waals surface area (Å²) in [7, 11) is 3.13. The van der Waals surface area contributed by atoms with E-state index in [1.165, 1.54) is 4.90 Å². The Balaban J connectivity index is 1.88. The van der Waals surface area contributed by atoms with Gasteiger partial charge < -0.3 is 19.3 Å². The molecule has 0 radical (unpaired) electrons. The first kappa shape index (κ1) is 26.8. The molecule has 7 heteroatoms. The van der Waals surface area contributed by atoms with Crippen molar-refractivity contribution in [2.45, 2.75) is 33.7 Å². The number of aryl methyl sites for hydroxylation is 2. The van der Waals surface area contributed by atoms with E-state index in [0.717, 1.165) is 5.56 Å². The van der Waals surface area contributed by atoms with Crippen LogP contribution in [0.15, 0.2) is 66.2 Å². The van der Waals surface area contributed by atoms with E-state index < -0.39 is 17.7 Å². The molecule has 4 rings (SSSR count). The van der Waals surface area contributed by atoms with Gasteiger partial charge in [-0.2, -0.15) is 0 Å². The number of amides is 1. The predicted octanol–water partition coefficient (Wildman–Crippen LogP) is 5.98. The van der Waals surface area contributed by atoms with E-state index in [2.05, 4.69) is 13.8 Å². The molecule has 1 unspecified atom stereocenters. The van der Waals surface area contributed by atoms with Gasteiger partial charge in [0.25, 0.3) is 11.7 Å². The first-order chi connectivity index (χ1) is 18.2. The molecule has 198 valence electrons. The number of carbonyl (C=O) groups excluding carboxylic acids is 2. The van der Waals surface area contributed by atoms with Gasteiger partial charge in [-0.3, -0.25) is 14.5 Å². The van der Waals surface area contributed by atoms with Gasteiger partial charge in [0, 0.05) is 11.3 Å². The van der Waals surface area contributed by atoms with Crippen LogP contribution in [0.1, 0.15) is 42.1 Å². The van der Waals surface area contributed by atoms with Crippen molar-refractivity contribution in [3.63, 3.8) is 0 Å². The summed E-state index contributed by atoms with van der Waals surface area (Å²) in [5.41, 5.74) is 3.13. The Morgan fingerprint density at radius 2 is 1.63 bits per heavy atom. The number of aliphatic hydroxyl groups excluding tert-OH is 1. The van der Waals surface area contributed by atoms with Gasteiger partial charge in [0.15, 0.2) is 0 Å². The Morgan fingerprint density at radius 1 is 0.921 bits per heavy atom.